The number of hydrogen-bond acceptors (Lipinski definition) is 10. The third-order valence-electron chi connectivity index (χ3n) is 7.00. The van der Waals surface area contributed by atoms with E-state index in [9.17, 15) is 38.7 Å². The number of amides is 6. The summed E-state index contributed by atoms with van der Waals surface area (Å²) in [4.78, 5) is 89.0. The second-order valence-electron chi connectivity index (χ2n) is 10.4. The van der Waals surface area contributed by atoms with E-state index in [1.807, 2.05) is 6.26 Å². The van der Waals surface area contributed by atoms with Gasteiger partial charge in [-0.1, -0.05) is 30.3 Å². The second-order valence-corrected chi connectivity index (χ2v) is 11.4. The maximum atomic E-state index is 13.3. The number of carbonyl (C=O) groups excluding carboxylic acids is 6. The van der Waals surface area contributed by atoms with Gasteiger partial charge in [-0.2, -0.15) is 11.8 Å². The summed E-state index contributed by atoms with van der Waals surface area (Å²) in [7, 11) is 0. The summed E-state index contributed by atoms with van der Waals surface area (Å²) in [5.74, 6) is -5.39. The maximum Gasteiger partial charge on any atom is 0.326 e. The molecule has 0 unspecified atom stereocenters. The lowest BCUT2D eigenvalue weighted by molar-refractivity contribution is -0.144. The van der Waals surface area contributed by atoms with Crippen LogP contribution in [0.3, 0.4) is 0 Å². The van der Waals surface area contributed by atoms with Gasteiger partial charge in [-0.3, -0.25) is 28.8 Å². The van der Waals surface area contributed by atoms with Crippen LogP contribution in [0.5, 0.6) is 0 Å². The summed E-state index contributed by atoms with van der Waals surface area (Å²) < 4.78 is 0. The predicted octanol–water partition coefficient (Wildman–Crippen LogP) is -3.18. The van der Waals surface area contributed by atoms with Gasteiger partial charge in [0.05, 0.1) is 19.6 Å². The van der Waals surface area contributed by atoms with Gasteiger partial charge in [0.2, 0.25) is 35.4 Å². The Morgan fingerprint density at radius 1 is 0.978 bits per heavy atom. The van der Waals surface area contributed by atoms with Crippen molar-refractivity contribution in [3.8, 4) is 0 Å². The van der Waals surface area contributed by atoms with Crippen LogP contribution in [0.15, 0.2) is 30.3 Å². The SMILES string of the molecule is CSCC[C@H](NC(=O)[C@@H]1CCCN1C(=O)CNC(=O)[C@H](Cc1ccccc1)NC(=O)[C@H](CC(N)=O)NC(=O)[C@@H](N)CO)C(=O)O. The molecule has 5 atom stereocenters. The summed E-state index contributed by atoms with van der Waals surface area (Å²) >= 11 is 1.44. The molecule has 0 aliphatic carbocycles. The highest BCUT2D eigenvalue weighted by Crippen LogP contribution is 2.18. The van der Waals surface area contributed by atoms with Crippen LogP contribution < -0.4 is 32.7 Å². The number of nitrogens with one attached hydrogen (secondary N) is 4. The predicted molar refractivity (Wildman–Crippen MR) is 163 cm³/mol. The van der Waals surface area contributed by atoms with Crippen LogP contribution in [-0.4, -0.2) is 118 Å². The number of aliphatic carboxylic acids is 1. The lowest BCUT2D eigenvalue weighted by atomic mass is 10.0. The normalized spacial score (nSPS) is 16.9. The second kappa shape index (κ2) is 18.6. The highest BCUT2D eigenvalue weighted by molar-refractivity contribution is 7.98. The molecule has 1 aromatic rings. The average Bonchev–Trinajstić information content (AvgIpc) is 3.51. The number of nitrogens with zero attached hydrogens (tertiary/aromatic N) is 1. The molecule has 1 aliphatic heterocycles. The summed E-state index contributed by atoms with van der Waals surface area (Å²) in [6.07, 6.45) is 2.20. The molecule has 1 aromatic carbocycles. The Kier molecular flexibility index (Phi) is 15.2. The van der Waals surface area contributed by atoms with Gasteiger partial charge in [0.25, 0.3) is 0 Å². The standard InChI is InChI=1S/C28H41N7O9S/c1-45-11-9-18(28(43)44)32-27(42)21-8-5-10-35(21)23(38)14-31-25(40)19(12-16-6-3-2-4-7-16)34-26(41)20(13-22(30)37)33-24(39)17(29)15-36/h2-4,6-7,17-21,36H,5,8-15,29H2,1H3,(H2,30,37)(H,31,40)(H,32,42)(H,33,39)(H,34,41)(H,43,44)/t17-,18-,19-,20-,21-/m0/s1. The molecule has 17 heteroatoms. The van der Waals surface area contributed by atoms with Crippen molar-refractivity contribution in [1.29, 1.82) is 0 Å². The summed E-state index contributed by atoms with van der Waals surface area (Å²) in [6, 6.07) is 2.45. The first-order chi connectivity index (χ1) is 21.4. The van der Waals surface area contributed by atoms with Crippen molar-refractivity contribution >= 4 is 53.2 Å². The smallest absolute Gasteiger partial charge is 0.326 e. The highest BCUT2D eigenvalue weighted by Gasteiger charge is 2.36. The molecule has 1 heterocycles. The third kappa shape index (κ3) is 12.0. The summed E-state index contributed by atoms with van der Waals surface area (Å²) in [6.45, 7) is -1.02. The molecule has 0 spiro atoms. The molecule has 0 aromatic heterocycles. The topological polar surface area (TPSA) is 263 Å². The molecule has 6 amide bonds. The summed E-state index contributed by atoms with van der Waals surface area (Å²) in [5.41, 5.74) is 11.4. The fourth-order valence-corrected chi connectivity index (χ4v) is 5.06. The van der Waals surface area contributed by atoms with Gasteiger partial charge in [0, 0.05) is 13.0 Å². The van der Waals surface area contributed by atoms with Crippen LogP contribution in [0.1, 0.15) is 31.2 Å². The number of carboxylic acids is 1. The Bertz CT molecular complexity index is 1220. The van der Waals surface area contributed by atoms with E-state index in [0.29, 0.717) is 24.2 Å². The van der Waals surface area contributed by atoms with Gasteiger partial charge >= 0.3 is 5.97 Å². The molecular weight excluding hydrogens is 610 g/mol. The minimum absolute atomic E-state index is 0.0264. The fourth-order valence-electron chi connectivity index (χ4n) is 4.59. The van der Waals surface area contributed by atoms with Gasteiger partial charge < -0.3 is 47.8 Å². The monoisotopic (exact) mass is 651 g/mol. The van der Waals surface area contributed by atoms with Crippen LogP contribution >= 0.6 is 11.8 Å². The zero-order valence-corrected chi connectivity index (χ0v) is 25.7. The van der Waals surface area contributed by atoms with Crippen LogP contribution in [0, 0.1) is 0 Å². The van der Waals surface area contributed by atoms with Crippen molar-refractivity contribution in [1.82, 2.24) is 26.2 Å². The first-order valence-electron chi connectivity index (χ1n) is 14.3. The Morgan fingerprint density at radius 3 is 2.24 bits per heavy atom. The van der Waals surface area contributed by atoms with Gasteiger partial charge in [-0.15, -0.1) is 0 Å². The van der Waals surface area contributed by atoms with E-state index in [1.54, 1.807) is 30.3 Å². The van der Waals surface area contributed by atoms with Gasteiger partial charge in [-0.25, -0.2) is 4.79 Å². The molecule has 248 valence electrons. The Labute approximate surface area is 264 Å². The highest BCUT2D eigenvalue weighted by atomic mass is 32.2. The first kappa shape index (κ1) is 37.0. The van der Waals surface area contributed by atoms with Crippen molar-refractivity contribution in [2.75, 3.05) is 31.7 Å². The summed E-state index contributed by atoms with van der Waals surface area (Å²) in [5, 5.41) is 28.3. The lowest BCUT2D eigenvalue weighted by Crippen LogP contribution is -2.58. The number of carbonyl (C=O) groups is 7. The molecule has 0 bridgehead atoms. The third-order valence-corrected chi connectivity index (χ3v) is 7.65. The minimum atomic E-state index is -1.50. The number of likely N-dealkylation sites (tertiary alicyclic amines) is 1. The van der Waals surface area contributed by atoms with E-state index in [2.05, 4.69) is 21.3 Å². The number of carboxylic acid groups (broad SMARTS) is 1. The van der Waals surface area contributed by atoms with Crippen LogP contribution in [0.2, 0.25) is 0 Å². The number of rotatable bonds is 18. The van der Waals surface area contributed by atoms with Crippen LogP contribution in [0.25, 0.3) is 0 Å². The molecule has 1 saturated heterocycles. The van der Waals surface area contributed by atoms with E-state index in [1.165, 1.54) is 16.7 Å². The molecule has 16 nitrogen and oxygen atoms in total. The number of aliphatic hydroxyl groups excluding tert-OH is 1. The Balaban J connectivity index is 2.13. The molecule has 0 radical (unpaired) electrons. The number of aliphatic hydroxyl groups is 1. The fraction of sp³-hybridized carbons (Fsp3) is 0.536. The van der Waals surface area contributed by atoms with Gasteiger partial charge in [0.1, 0.15) is 30.2 Å². The quantitative estimate of drug-likeness (QED) is 0.0784. The first-order valence-corrected chi connectivity index (χ1v) is 15.7. The number of hydrogen-bond donors (Lipinski definition) is 8. The van der Waals surface area contributed by atoms with Crippen molar-refractivity contribution in [2.24, 2.45) is 11.5 Å². The van der Waals surface area contributed by atoms with Crippen LogP contribution in [0.4, 0.5) is 0 Å². The molecule has 1 fully saturated rings. The maximum absolute atomic E-state index is 13.3. The largest absolute Gasteiger partial charge is 0.480 e. The van der Waals surface area contributed by atoms with E-state index in [0.717, 1.165) is 0 Å². The Morgan fingerprint density at radius 2 is 1.64 bits per heavy atom. The number of nitrogens with two attached hydrogens (primary N) is 2. The zero-order valence-electron chi connectivity index (χ0n) is 24.9. The van der Waals surface area contributed by atoms with E-state index >= 15 is 0 Å². The van der Waals surface area contributed by atoms with E-state index < -0.39 is 91.2 Å². The van der Waals surface area contributed by atoms with Crippen LogP contribution in [-0.2, 0) is 40.0 Å². The van der Waals surface area contributed by atoms with Crippen molar-refractivity contribution in [3.05, 3.63) is 35.9 Å². The molecular formula is C28H41N7O9S. The van der Waals surface area contributed by atoms with Gasteiger partial charge in [0.15, 0.2) is 0 Å². The lowest BCUT2D eigenvalue weighted by Gasteiger charge is -2.26. The molecule has 45 heavy (non-hydrogen) atoms. The van der Waals surface area contributed by atoms with Crippen molar-refractivity contribution in [2.45, 2.75) is 62.3 Å². The van der Waals surface area contributed by atoms with Crippen molar-refractivity contribution < 1.29 is 43.8 Å². The van der Waals surface area contributed by atoms with E-state index in [4.69, 9.17) is 16.6 Å². The molecule has 0 saturated carbocycles. The minimum Gasteiger partial charge on any atom is -0.480 e. The number of thioether (sulfide) groups is 1. The molecule has 10 N–H and O–H groups in total. The number of benzene rings is 1. The number of primary amides is 1. The Hall–Kier alpha value is -4.22. The molecule has 2 rings (SSSR count). The van der Waals surface area contributed by atoms with Crippen molar-refractivity contribution in [3.63, 3.8) is 0 Å². The average molecular weight is 652 g/mol. The molecule has 1 aliphatic rings. The van der Waals surface area contributed by atoms with Gasteiger partial charge in [-0.05, 0) is 36.8 Å². The van der Waals surface area contributed by atoms with E-state index in [-0.39, 0.29) is 19.4 Å². The zero-order chi connectivity index (χ0) is 33.5.